The maximum atomic E-state index is 12.4. The Kier molecular flexibility index (Phi) is 6.19. The van der Waals surface area contributed by atoms with Crippen molar-refractivity contribution in [2.45, 2.75) is 57.8 Å². The number of thiazole rings is 1. The van der Waals surface area contributed by atoms with Gasteiger partial charge in [-0.15, -0.1) is 11.3 Å². The Morgan fingerprint density at radius 3 is 2.43 bits per heavy atom. The van der Waals surface area contributed by atoms with Crippen molar-refractivity contribution < 1.29 is 22.7 Å². The molecule has 0 bridgehead atoms. The number of fused-ring (bicyclic) bond motifs is 1. The molecule has 1 aliphatic heterocycles. The van der Waals surface area contributed by atoms with Gasteiger partial charge in [-0.1, -0.05) is 19.1 Å². The van der Waals surface area contributed by atoms with Gasteiger partial charge in [0.1, 0.15) is 5.60 Å². The van der Waals surface area contributed by atoms with Gasteiger partial charge in [-0.25, -0.2) is 18.2 Å². The molecule has 1 N–H and O–H groups in total. The van der Waals surface area contributed by atoms with Crippen molar-refractivity contribution in [3.63, 3.8) is 0 Å². The quantitative estimate of drug-likeness (QED) is 0.749. The van der Waals surface area contributed by atoms with E-state index in [0.29, 0.717) is 23.8 Å². The smallest absolute Gasteiger partial charge is 0.410 e. The standard InChI is InChI=1S/C20H25N3O5S2/c1-5-30(26,27)14-8-6-13(7-9-14)10-21-17(24)18-22-15-11-23(12-16(15)29-18)19(25)28-20(2,3)4/h6-9H,5,10-12H2,1-4H3,(H,21,24). The van der Waals surface area contributed by atoms with Crippen LogP contribution in [0.5, 0.6) is 0 Å². The topological polar surface area (TPSA) is 106 Å². The van der Waals surface area contributed by atoms with E-state index >= 15 is 0 Å². The van der Waals surface area contributed by atoms with Crippen molar-refractivity contribution >= 4 is 33.2 Å². The molecule has 0 unspecified atom stereocenters. The highest BCUT2D eigenvalue weighted by molar-refractivity contribution is 7.91. The highest BCUT2D eigenvalue weighted by atomic mass is 32.2. The number of nitrogens with one attached hydrogen (secondary N) is 1. The number of aromatic nitrogens is 1. The molecule has 0 saturated carbocycles. The Hall–Kier alpha value is -2.46. The first-order valence-corrected chi connectivity index (χ1v) is 12.0. The second-order valence-corrected chi connectivity index (χ2v) is 11.3. The van der Waals surface area contributed by atoms with Gasteiger partial charge in [0.2, 0.25) is 0 Å². The number of rotatable bonds is 5. The Balaban J connectivity index is 1.56. The van der Waals surface area contributed by atoms with E-state index in [4.69, 9.17) is 4.74 Å². The number of carbonyl (C=O) groups is 2. The lowest BCUT2D eigenvalue weighted by Gasteiger charge is -2.24. The zero-order valence-corrected chi connectivity index (χ0v) is 19.0. The second kappa shape index (κ2) is 8.35. The fourth-order valence-corrected chi connectivity index (χ4v) is 4.72. The Bertz CT molecular complexity index is 1030. The summed E-state index contributed by atoms with van der Waals surface area (Å²) in [5.74, 6) is -0.258. The van der Waals surface area contributed by atoms with Gasteiger partial charge < -0.3 is 10.1 Å². The van der Waals surface area contributed by atoms with Gasteiger partial charge >= 0.3 is 6.09 Å². The van der Waals surface area contributed by atoms with Gasteiger partial charge in [0.15, 0.2) is 14.8 Å². The number of benzene rings is 1. The largest absolute Gasteiger partial charge is 0.444 e. The number of ether oxygens (including phenoxy) is 1. The van der Waals surface area contributed by atoms with Gasteiger partial charge in [0.25, 0.3) is 5.91 Å². The molecular formula is C20H25N3O5S2. The predicted octanol–water partition coefficient (Wildman–Crippen LogP) is 3.12. The summed E-state index contributed by atoms with van der Waals surface area (Å²) in [6.07, 6.45) is -0.396. The first kappa shape index (κ1) is 22.2. The minimum Gasteiger partial charge on any atom is -0.444 e. The van der Waals surface area contributed by atoms with E-state index in [-0.39, 0.29) is 23.1 Å². The van der Waals surface area contributed by atoms with Crippen LogP contribution in [0, 0.1) is 0 Å². The van der Waals surface area contributed by atoms with Crippen LogP contribution < -0.4 is 5.32 Å². The summed E-state index contributed by atoms with van der Waals surface area (Å²) >= 11 is 1.26. The zero-order valence-electron chi connectivity index (χ0n) is 17.4. The molecule has 0 atom stereocenters. The van der Waals surface area contributed by atoms with Crippen LogP contribution in [0.25, 0.3) is 0 Å². The minimum atomic E-state index is -3.24. The lowest BCUT2D eigenvalue weighted by molar-refractivity contribution is 0.0241. The molecule has 2 aromatic rings. The van der Waals surface area contributed by atoms with E-state index in [1.165, 1.54) is 11.3 Å². The van der Waals surface area contributed by atoms with Crippen molar-refractivity contribution in [2.24, 2.45) is 0 Å². The Morgan fingerprint density at radius 2 is 1.87 bits per heavy atom. The van der Waals surface area contributed by atoms with Gasteiger partial charge in [-0.2, -0.15) is 0 Å². The fraction of sp³-hybridized carbons (Fsp3) is 0.450. The second-order valence-electron chi connectivity index (χ2n) is 7.96. The molecule has 10 heteroatoms. The van der Waals surface area contributed by atoms with E-state index < -0.39 is 21.5 Å². The predicted molar refractivity (Wildman–Crippen MR) is 113 cm³/mol. The van der Waals surface area contributed by atoms with E-state index in [1.54, 1.807) is 36.1 Å². The van der Waals surface area contributed by atoms with E-state index in [0.717, 1.165) is 10.4 Å². The molecule has 1 aromatic heterocycles. The van der Waals surface area contributed by atoms with E-state index in [9.17, 15) is 18.0 Å². The maximum Gasteiger partial charge on any atom is 0.410 e. The van der Waals surface area contributed by atoms with Gasteiger partial charge in [0.05, 0.1) is 29.4 Å². The molecule has 0 saturated heterocycles. The summed E-state index contributed by atoms with van der Waals surface area (Å²) in [4.78, 5) is 31.7. The van der Waals surface area contributed by atoms with E-state index in [2.05, 4.69) is 10.3 Å². The Morgan fingerprint density at radius 1 is 1.20 bits per heavy atom. The number of carbonyl (C=O) groups excluding carboxylic acids is 2. The number of hydrogen-bond donors (Lipinski definition) is 1. The summed E-state index contributed by atoms with van der Waals surface area (Å²) in [6, 6.07) is 6.46. The van der Waals surface area contributed by atoms with Crippen LogP contribution in [-0.4, -0.2) is 41.7 Å². The lowest BCUT2D eigenvalue weighted by Crippen LogP contribution is -2.33. The molecule has 2 heterocycles. The molecule has 162 valence electrons. The van der Waals surface area contributed by atoms with E-state index in [1.807, 2.05) is 20.8 Å². The third-order valence-corrected chi connectivity index (χ3v) is 7.25. The highest BCUT2D eigenvalue weighted by Gasteiger charge is 2.31. The summed E-state index contributed by atoms with van der Waals surface area (Å²) < 4.78 is 29.1. The Labute approximate surface area is 180 Å². The lowest BCUT2D eigenvalue weighted by atomic mass is 10.2. The molecule has 8 nitrogen and oxygen atoms in total. The number of amides is 2. The number of sulfone groups is 1. The van der Waals surface area contributed by atoms with Crippen LogP contribution >= 0.6 is 11.3 Å². The SMILES string of the molecule is CCS(=O)(=O)c1ccc(CNC(=O)c2nc3c(s2)CN(C(=O)OC(C)(C)C)C3)cc1. The third kappa shape index (κ3) is 5.17. The fourth-order valence-electron chi connectivity index (χ4n) is 2.83. The van der Waals surface area contributed by atoms with Crippen LogP contribution in [0.15, 0.2) is 29.2 Å². The van der Waals surface area contributed by atoms with Gasteiger partial charge in [0, 0.05) is 11.4 Å². The van der Waals surface area contributed by atoms with Crippen LogP contribution in [0.1, 0.15) is 53.6 Å². The average molecular weight is 452 g/mol. The average Bonchev–Trinajstić information content (AvgIpc) is 3.24. The zero-order chi connectivity index (χ0) is 22.1. The van der Waals surface area contributed by atoms with Gasteiger partial charge in [-0.05, 0) is 38.5 Å². The maximum absolute atomic E-state index is 12.4. The molecule has 0 fully saturated rings. The van der Waals surface area contributed by atoms with Crippen LogP contribution in [0.3, 0.4) is 0 Å². The van der Waals surface area contributed by atoms with Gasteiger partial charge in [-0.3, -0.25) is 9.69 Å². The van der Waals surface area contributed by atoms with Crippen LogP contribution in [-0.2, 0) is 34.2 Å². The van der Waals surface area contributed by atoms with Crippen molar-refractivity contribution in [2.75, 3.05) is 5.75 Å². The normalized spacial score (nSPS) is 13.8. The molecule has 3 rings (SSSR count). The number of nitrogens with zero attached hydrogens (tertiary/aromatic N) is 2. The molecule has 30 heavy (non-hydrogen) atoms. The first-order chi connectivity index (χ1) is 14.0. The van der Waals surface area contributed by atoms with Crippen molar-refractivity contribution in [1.82, 2.24) is 15.2 Å². The van der Waals surface area contributed by atoms with Crippen LogP contribution in [0.2, 0.25) is 0 Å². The van der Waals surface area contributed by atoms with Crippen LogP contribution in [0.4, 0.5) is 4.79 Å². The van der Waals surface area contributed by atoms with Crippen molar-refractivity contribution in [3.05, 3.63) is 45.4 Å². The highest BCUT2D eigenvalue weighted by Crippen LogP contribution is 2.29. The van der Waals surface area contributed by atoms with Crippen molar-refractivity contribution in [3.8, 4) is 0 Å². The molecule has 0 spiro atoms. The first-order valence-electron chi connectivity index (χ1n) is 9.55. The summed E-state index contributed by atoms with van der Waals surface area (Å²) in [6.45, 7) is 8.00. The summed E-state index contributed by atoms with van der Waals surface area (Å²) in [5.41, 5.74) is 0.938. The number of hydrogen-bond acceptors (Lipinski definition) is 7. The monoisotopic (exact) mass is 451 g/mol. The molecule has 1 aliphatic rings. The minimum absolute atomic E-state index is 0.0448. The molecule has 2 amide bonds. The third-order valence-electron chi connectivity index (χ3n) is 4.41. The summed E-state index contributed by atoms with van der Waals surface area (Å²) in [7, 11) is -3.24. The molecule has 0 aliphatic carbocycles. The molecule has 1 aromatic carbocycles. The molecule has 0 radical (unpaired) electrons. The molecular weight excluding hydrogens is 426 g/mol. The summed E-state index contributed by atoms with van der Waals surface area (Å²) in [5, 5.41) is 3.14. The van der Waals surface area contributed by atoms with Crippen molar-refractivity contribution in [1.29, 1.82) is 0 Å².